The summed E-state index contributed by atoms with van der Waals surface area (Å²) in [5.74, 6) is 0.950. The van der Waals surface area contributed by atoms with Gasteiger partial charge in [-0.15, -0.1) is 11.3 Å². The largest absolute Gasteiger partial charge is 0.342 e. The quantitative estimate of drug-likeness (QED) is 0.690. The summed E-state index contributed by atoms with van der Waals surface area (Å²) in [5.41, 5.74) is 2.12. The third-order valence-electron chi connectivity index (χ3n) is 6.83. The van der Waals surface area contributed by atoms with E-state index in [-0.39, 0.29) is 11.8 Å². The van der Waals surface area contributed by atoms with Crippen LogP contribution in [0.25, 0.3) is 0 Å². The van der Waals surface area contributed by atoms with Gasteiger partial charge in [-0.2, -0.15) is 0 Å². The number of carbonyl (C=O) groups excluding carboxylic acids is 2. The number of rotatable bonds is 5. The molecule has 2 fully saturated rings. The first-order valence-corrected chi connectivity index (χ1v) is 12.4. The fraction of sp³-hybridized carbons (Fsp3) is 0.560. The molecule has 0 radical (unpaired) electrons. The molecule has 6 heteroatoms. The van der Waals surface area contributed by atoms with Crippen LogP contribution in [-0.4, -0.2) is 52.8 Å². The Hall–Kier alpha value is -2.21. The monoisotopic (exact) mass is 439 g/mol. The molecule has 4 rings (SSSR count). The molecule has 0 spiro atoms. The van der Waals surface area contributed by atoms with Crippen LogP contribution >= 0.6 is 11.3 Å². The molecular formula is C25H33N3O2S. The predicted octanol–water partition coefficient (Wildman–Crippen LogP) is 4.48. The zero-order valence-electron chi connectivity index (χ0n) is 18.7. The van der Waals surface area contributed by atoms with Crippen molar-refractivity contribution in [2.24, 2.45) is 11.8 Å². The standard InChI is InChI=1S/C25H33N3O2S/c1-18-23(31-19(2)26-18)25(30)28-16-12-21(13-17-28)22-10-6-7-14-27(24(22)29)15-11-20-8-4-3-5-9-20/h3-5,8-9,21-22H,6-7,10-17H2,1-2H3. The molecule has 3 heterocycles. The van der Waals surface area contributed by atoms with Gasteiger partial charge >= 0.3 is 0 Å². The average Bonchev–Trinajstić information content (AvgIpc) is 3.02. The molecule has 0 bridgehead atoms. The van der Waals surface area contributed by atoms with E-state index in [1.165, 1.54) is 16.9 Å². The Kier molecular flexibility index (Phi) is 7.06. The summed E-state index contributed by atoms with van der Waals surface area (Å²) < 4.78 is 0. The molecule has 31 heavy (non-hydrogen) atoms. The lowest BCUT2D eigenvalue weighted by Gasteiger charge is -2.36. The Morgan fingerprint density at radius 1 is 1.06 bits per heavy atom. The lowest BCUT2D eigenvalue weighted by molar-refractivity contribution is -0.137. The minimum Gasteiger partial charge on any atom is -0.342 e. The zero-order valence-corrected chi connectivity index (χ0v) is 19.5. The molecule has 2 aromatic rings. The topological polar surface area (TPSA) is 53.5 Å². The van der Waals surface area contributed by atoms with Crippen LogP contribution in [0.3, 0.4) is 0 Å². The summed E-state index contributed by atoms with van der Waals surface area (Å²) in [7, 11) is 0. The maximum absolute atomic E-state index is 13.4. The van der Waals surface area contributed by atoms with Gasteiger partial charge in [0.15, 0.2) is 0 Å². The number of hydrogen-bond acceptors (Lipinski definition) is 4. The molecule has 2 amide bonds. The highest BCUT2D eigenvalue weighted by Crippen LogP contribution is 2.33. The number of amides is 2. The second kappa shape index (κ2) is 9.94. The fourth-order valence-corrected chi connectivity index (χ4v) is 5.97. The van der Waals surface area contributed by atoms with Gasteiger partial charge in [-0.1, -0.05) is 36.8 Å². The summed E-state index contributed by atoms with van der Waals surface area (Å²) >= 11 is 1.49. The average molecular weight is 440 g/mol. The Morgan fingerprint density at radius 3 is 2.48 bits per heavy atom. The van der Waals surface area contributed by atoms with Crippen LogP contribution in [0.1, 0.15) is 58.0 Å². The first-order chi connectivity index (χ1) is 15.0. The first kappa shape index (κ1) is 22.0. The summed E-state index contributed by atoms with van der Waals surface area (Å²) in [6, 6.07) is 10.4. The summed E-state index contributed by atoms with van der Waals surface area (Å²) in [5, 5.41) is 0.940. The van der Waals surface area contributed by atoms with Crippen molar-refractivity contribution >= 4 is 23.2 Å². The van der Waals surface area contributed by atoms with Crippen LogP contribution in [-0.2, 0) is 11.2 Å². The molecule has 2 aliphatic rings. The smallest absolute Gasteiger partial charge is 0.265 e. The van der Waals surface area contributed by atoms with Gasteiger partial charge in [-0.25, -0.2) is 4.98 Å². The highest BCUT2D eigenvalue weighted by molar-refractivity contribution is 7.13. The van der Waals surface area contributed by atoms with Gasteiger partial charge in [0.1, 0.15) is 4.88 Å². The number of thiazole rings is 1. The van der Waals surface area contributed by atoms with Crippen molar-refractivity contribution < 1.29 is 9.59 Å². The lowest BCUT2D eigenvalue weighted by Crippen LogP contribution is -2.44. The number of hydrogen-bond donors (Lipinski definition) is 0. The zero-order chi connectivity index (χ0) is 21.8. The number of benzene rings is 1. The molecule has 0 N–H and O–H groups in total. The van der Waals surface area contributed by atoms with E-state index in [9.17, 15) is 9.59 Å². The van der Waals surface area contributed by atoms with E-state index in [0.717, 1.165) is 80.3 Å². The van der Waals surface area contributed by atoms with Crippen LogP contribution in [0.4, 0.5) is 0 Å². The normalized spacial score (nSPS) is 20.7. The number of carbonyl (C=O) groups is 2. The Labute approximate surface area is 189 Å². The molecule has 1 atom stereocenters. The number of likely N-dealkylation sites (tertiary alicyclic amines) is 2. The molecule has 0 saturated carbocycles. The first-order valence-electron chi connectivity index (χ1n) is 11.6. The van der Waals surface area contributed by atoms with E-state index in [4.69, 9.17) is 0 Å². The number of aromatic nitrogens is 1. The second-order valence-electron chi connectivity index (χ2n) is 8.94. The maximum Gasteiger partial charge on any atom is 0.265 e. The molecular weight excluding hydrogens is 406 g/mol. The van der Waals surface area contributed by atoms with Gasteiger partial charge in [-0.05, 0) is 57.4 Å². The number of aryl methyl sites for hydroxylation is 2. The van der Waals surface area contributed by atoms with Crippen molar-refractivity contribution in [1.29, 1.82) is 0 Å². The van der Waals surface area contributed by atoms with E-state index in [0.29, 0.717) is 11.8 Å². The van der Waals surface area contributed by atoms with Crippen molar-refractivity contribution in [2.75, 3.05) is 26.2 Å². The SMILES string of the molecule is Cc1nc(C)c(C(=O)N2CCC(C3CCCCN(CCc4ccccc4)C3=O)CC2)s1. The maximum atomic E-state index is 13.4. The van der Waals surface area contributed by atoms with Crippen molar-refractivity contribution in [1.82, 2.24) is 14.8 Å². The summed E-state index contributed by atoms with van der Waals surface area (Å²) in [6.07, 6.45) is 5.97. The highest BCUT2D eigenvalue weighted by Gasteiger charge is 2.36. The Bertz CT molecular complexity index is 903. The van der Waals surface area contributed by atoms with Crippen LogP contribution in [0.2, 0.25) is 0 Å². The van der Waals surface area contributed by atoms with Crippen LogP contribution in [0.5, 0.6) is 0 Å². The highest BCUT2D eigenvalue weighted by atomic mass is 32.1. The summed E-state index contributed by atoms with van der Waals surface area (Å²) in [6.45, 7) is 7.03. The molecule has 0 aliphatic carbocycles. The van der Waals surface area contributed by atoms with Gasteiger partial charge in [0.05, 0.1) is 10.7 Å². The fourth-order valence-electron chi connectivity index (χ4n) is 5.08. The lowest BCUT2D eigenvalue weighted by atomic mass is 9.81. The minimum absolute atomic E-state index is 0.109. The summed E-state index contributed by atoms with van der Waals surface area (Å²) in [4.78, 5) is 35.6. The third kappa shape index (κ3) is 5.17. The molecule has 166 valence electrons. The van der Waals surface area contributed by atoms with E-state index in [1.54, 1.807) is 0 Å². The van der Waals surface area contributed by atoms with Crippen molar-refractivity contribution in [3.05, 3.63) is 51.5 Å². The van der Waals surface area contributed by atoms with Gasteiger partial charge in [0.25, 0.3) is 5.91 Å². The van der Waals surface area contributed by atoms with Crippen LogP contribution in [0, 0.1) is 25.7 Å². The van der Waals surface area contributed by atoms with E-state index >= 15 is 0 Å². The molecule has 1 unspecified atom stereocenters. The second-order valence-corrected chi connectivity index (χ2v) is 10.1. The minimum atomic E-state index is 0.109. The molecule has 2 saturated heterocycles. The van der Waals surface area contributed by atoms with Gasteiger partial charge < -0.3 is 9.80 Å². The van der Waals surface area contributed by atoms with Crippen molar-refractivity contribution in [3.8, 4) is 0 Å². The van der Waals surface area contributed by atoms with Crippen molar-refractivity contribution in [2.45, 2.75) is 52.4 Å². The van der Waals surface area contributed by atoms with E-state index < -0.39 is 0 Å². The van der Waals surface area contributed by atoms with E-state index in [1.807, 2.05) is 24.8 Å². The van der Waals surface area contributed by atoms with Gasteiger partial charge in [0.2, 0.25) is 5.91 Å². The van der Waals surface area contributed by atoms with Crippen molar-refractivity contribution in [3.63, 3.8) is 0 Å². The number of piperidine rings is 1. The molecule has 1 aromatic carbocycles. The molecule has 1 aromatic heterocycles. The molecule has 2 aliphatic heterocycles. The van der Waals surface area contributed by atoms with Gasteiger partial charge in [0, 0.05) is 32.1 Å². The van der Waals surface area contributed by atoms with Crippen LogP contribution in [0.15, 0.2) is 30.3 Å². The van der Waals surface area contributed by atoms with Gasteiger partial charge in [-0.3, -0.25) is 9.59 Å². The van der Waals surface area contributed by atoms with E-state index in [2.05, 4.69) is 34.1 Å². The number of nitrogens with zero attached hydrogens (tertiary/aromatic N) is 3. The Morgan fingerprint density at radius 2 is 1.81 bits per heavy atom. The molecule has 5 nitrogen and oxygen atoms in total. The van der Waals surface area contributed by atoms with Crippen LogP contribution < -0.4 is 0 Å². The third-order valence-corrected chi connectivity index (χ3v) is 7.89. The predicted molar refractivity (Wildman–Crippen MR) is 124 cm³/mol. The Balaban J connectivity index is 1.35.